The molecule has 100 valence electrons. The van der Waals surface area contributed by atoms with Crippen LogP contribution in [0.5, 0.6) is 0 Å². The summed E-state index contributed by atoms with van der Waals surface area (Å²) in [5.41, 5.74) is 0.207. The lowest BCUT2D eigenvalue weighted by Crippen LogP contribution is -2.57. The lowest BCUT2D eigenvalue weighted by atomic mass is 9.89. The van der Waals surface area contributed by atoms with Crippen molar-refractivity contribution >= 4 is 0 Å². The fourth-order valence-corrected chi connectivity index (χ4v) is 3.10. The Hall–Kier alpha value is -0.120. The lowest BCUT2D eigenvalue weighted by Gasteiger charge is -2.45. The summed E-state index contributed by atoms with van der Waals surface area (Å²) in [7, 11) is 0. The number of nitrogens with one attached hydrogen (secondary N) is 1. The molecular weight excluding hydrogens is 212 g/mol. The van der Waals surface area contributed by atoms with Crippen molar-refractivity contribution < 1.29 is 4.74 Å². The predicted octanol–water partition coefficient (Wildman–Crippen LogP) is 1.88. The maximum atomic E-state index is 5.58. The molecule has 2 fully saturated rings. The first-order chi connectivity index (χ1) is 8.12. The fourth-order valence-electron chi connectivity index (χ4n) is 3.10. The standard InChI is InChI=1S/C14H28N2O/c1-4-12-5-6-15-13(9-12)10-16-7-8-17-11-14(16,2)3/h12-13,15H,4-11H2,1-3H3. The number of rotatable bonds is 3. The topological polar surface area (TPSA) is 24.5 Å². The van der Waals surface area contributed by atoms with Gasteiger partial charge in [0.05, 0.1) is 13.2 Å². The van der Waals surface area contributed by atoms with E-state index in [9.17, 15) is 0 Å². The summed E-state index contributed by atoms with van der Waals surface area (Å²) in [6, 6.07) is 0.686. The summed E-state index contributed by atoms with van der Waals surface area (Å²) in [6.45, 7) is 12.2. The molecule has 0 radical (unpaired) electrons. The van der Waals surface area contributed by atoms with Gasteiger partial charge in [0.2, 0.25) is 0 Å². The number of nitrogens with zero attached hydrogens (tertiary/aromatic N) is 1. The lowest BCUT2D eigenvalue weighted by molar-refractivity contribution is -0.0562. The minimum absolute atomic E-state index is 0.207. The monoisotopic (exact) mass is 240 g/mol. The summed E-state index contributed by atoms with van der Waals surface area (Å²) < 4.78 is 5.58. The molecule has 3 heteroatoms. The van der Waals surface area contributed by atoms with Crippen LogP contribution in [0.25, 0.3) is 0 Å². The van der Waals surface area contributed by atoms with Gasteiger partial charge >= 0.3 is 0 Å². The van der Waals surface area contributed by atoms with Crippen LogP contribution in [0.4, 0.5) is 0 Å². The molecule has 2 heterocycles. The molecule has 0 aromatic heterocycles. The van der Waals surface area contributed by atoms with Crippen molar-refractivity contribution in [2.24, 2.45) is 5.92 Å². The number of piperidine rings is 1. The maximum Gasteiger partial charge on any atom is 0.0645 e. The van der Waals surface area contributed by atoms with Crippen LogP contribution in [0.3, 0.4) is 0 Å². The number of ether oxygens (including phenoxy) is 1. The molecule has 1 N–H and O–H groups in total. The normalized spacial score (nSPS) is 34.8. The minimum atomic E-state index is 0.207. The zero-order chi connectivity index (χ0) is 12.3. The van der Waals surface area contributed by atoms with Crippen LogP contribution >= 0.6 is 0 Å². The molecule has 2 aliphatic heterocycles. The van der Waals surface area contributed by atoms with E-state index in [0.717, 1.165) is 25.7 Å². The van der Waals surface area contributed by atoms with Gasteiger partial charge in [0.1, 0.15) is 0 Å². The number of morpholine rings is 1. The smallest absolute Gasteiger partial charge is 0.0645 e. The Morgan fingerprint density at radius 1 is 1.41 bits per heavy atom. The maximum absolute atomic E-state index is 5.58. The van der Waals surface area contributed by atoms with Crippen LogP contribution in [0.15, 0.2) is 0 Å². The molecule has 0 spiro atoms. The summed E-state index contributed by atoms with van der Waals surface area (Å²) in [5.74, 6) is 0.936. The molecule has 0 amide bonds. The minimum Gasteiger partial charge on any atom is -0.378 e. The highest BCUT2D eigenvalue weighted by Gasteiger charge is 2.33. The molecule has 2 aliphatic rings. The second-order valence-corrected chi connectivity index (χ2v) is 6.26. The van der Waals surface area contributed by atoms with Gasteiger partial charge in [0.25, 0.3) is 0 Å². The van der Waals surface area contributed by atoms with Crippen LogP contribution in [0.2, 0.25) is 0 Å². The van der Waals surface area contributed by atoms with E-state index in [1.807, 2.05) is 0 Å². The van der Waals surface area contributed by atoms with Gasteiger partial charge in [-0.3, -0.25) is 4.90 Å². The van der Waals surface area contributed by atoms with Crippen molar-refractivity contribution in [2.75, 3.05) is 32.8 Å². The van der Waals surface area contributed by atoms with Crippen LogP contribution in [0, 0.1) is 5.92 Å². The van der Waals surface area contributed by atoms with Crippen molar-refractivity contribution in [1.82, 2.24) is 10.2 Å². The summed E-state index contributed by atoms with van der Waals surface area (Å²) in [4.78, 5) is 2.60. The van der Waals surface area contributed by atoms with E-state index in [1.54, 1.807) is 0 Å². The van der Waals surface area contributed by atoms with E-state index in [1.165, 1.54) is 32.4 Å². The van der Waals surface area contributed by atoms with Crippen LogP contribution in [-0.4, -0.2) is 49.3 Å². The third kappa shape index (κ3) is 3.43. The Labute approximate surface area is 106 Å². The van der Waals surface area contributed by atoms with Gasteiger partial charge in [-0.05, 0) is 39.2 Å². The Morgan fingerprint density at radius 2 is 2.24 bits per heavy atom. The molecule has 2 atom stereocenters. The van der Waals surface area contributed by atoms with Crippen molar-refractivity contribution in [3.05, 3.63) is 0 Å². The van der Waals surface area contributed by atoms with Gasteiger partial charge < -0.3 is 10.1 Å². The van der Waals surface area contributed by atoms with E-state index in [4.69, 9.17) is 4.74 Å². The molecule has 0 aliphatic carbocycles. The van der Waals surface area contributed by atoms with Gasteiger partial charge in [-0.15, -0.1) is 0 Å². The number of hydrogen-bond donors (Lipinski definition) is 1. The molecule has 3 nitrogen and oxygen atoms in total. The first-order valence-corrected chi connectivity index (χ1v) is 7.18. The molecule has 2 unspecified atom stereocenters. The average Bonchev–Trinajstić information content (AvgIpc) is 2.32. The Morgan fingerprint density at radius 3 is 2.94 bits per heavy atom. The summed E-state index contributed by atoms with van der Waals surface area (Å²) >= 11 is 0. The van der Waals surface area contributed by atoms with Gasteiger partial charge in [-0.1, -0.05) is 13.3 Å². The van der Waals surface area contributed by atoms with Crippen molar-refractivity contribution in [3.8, 4) is 0 Å². The third-order valence-electron chi connectivity index (χ3n) is 4.44. The van der Waals surface area contributed by atoms with Crippen LogP contribution in [-0.2, 0) is 4.74 Å². The zero-order valence-electron chi connectivity index (χ0n) is 11.7. The molecule has 2 rings (SSSR count). The average molecular weight is 240 g/mol. The Balaban J connectivity index is 1.86. The highest BCUT2D eigenvalue weighted by Crippen LogP contribution is 2.24. The van der Waals surface area contributed by atoms with Crippen LogP contribution in [0.1, 0.15) is 40.0 Å². The first kappa shape index (κ1) is 13.3. The van der Waals surface area contributed by atoms with Crippen molar-refractivity contribution in [3.63, 3.8) is 0 Å². The van der Waals surface area contributed by atoms with Gasteiger partial charge in [0.15, 0.2) is 0 Å². The van der Waals surface area contributed by atoms with Crippen LogP contribution < -0.4 is 5.32 Å². The van der Waals surface area contributed by atoms with Gasteiger partial charge in [-0.2, -0.15) is 0 Å². The predicted molar refractivity (Wildman–Crippen MR) is 71.3 cm³/mol. The van der Waals surface area contributed by atoms with Gasteiger partial charge in [-0.25, -0.2) is 0 Å². The molecule has 0 bridgehead atoms. The summed E-state index contributed by atoms with van der Waals surface area (Å²) in [6.07, 6.45) is 4.05. The van der Waals surface area contributed by atoms with Crippen molar-refractivity contribution in [1.29, 1.82) is 0 Å². The Bertz CT molecular complexity index is 242. The third-order valence-corrected chi connectivity index (χ3v) is 4.44. The van der Waals surface area contributed by atoms with E-state index >= 15 is 0 Å². The zero-order valence-corrected chi connectivity index (χ0v) is 11.7. The highest BCUT2D eigenvalue weighted by molar-refractivity contribution is 4.89. The number of hydrogen-bond acceptors (Lipinski definition) is 3. The quantitative estimate of drug-likeness (QED) is 0.815. The molecule has 17 heavy (non-hydrogen) atoms. The second-order valence-electron chi connectivity index (χ2n) is 6.26. The molecule has 0 aromatic rings. The largest absolute Gasteiger partial charge is 0.378 e. The van der Waals surface area contributed by atoms with E-state index in [2.05, 4.69) is 31.0 Å². The first-order valence-electron chi connectivity index (χ1n) is 7.18. The molecule has 0 aromatic carbocycles. The summed E-state index contributed by atoms with van der Waals surface area (Å²) in [5, 5.41) is 3.69. The second kappa shape index (κ2) is 5.68. The highest BCUT2D eigenvalue weighted by atomic mass is 16.5. The van der Waals surface area contributed by atoms with E-state index < -0.39 is 0 Å². The fraction of sp³-hybridized carbons (Fsp3) is 1.00. The molecule has 2 saturated heterocycles. The van der Waals surface area contributed by atoms with Gasteiger partial charge in [0, 0.05) is 24.7 Å². The van der Waals surface area contributed by atoms with E-state index in [0.29, 0.717) is 6.04 Å². The molecular formula is C14H28N2O. The Kier molecular flexibility index (Phi) is 4.45. The molecule has 0 saturated carbocycles. The SMILES string of the molecule is CCC1CCNC(CN2CCOCC2(C)C)C1. The van der Waals surface area contributed by atoms with Crippen molar-refractivity contribution in [2.45, 2.75) is 51.6 Å². The van der Waals surface area contributed by atoms with E-state index in [-0.39, 0.29) is 5.54 Å².